The van der Waals surface area contributed by atoms with Crippen molar-refractivity contribution >= 4 is 22.8 Å². The summed E-state index contributed by atoms with van der Waals surface area (Å²) in [5, 5.41) is 11.0. The van der Waals surface area contributed by atoms with Crippen molar-refractivity contribution in [2.75, 3.05) is 17.3 Å². The molecule has 1 saturated carbocycles. The summed E-state index contributed by atoms with van der Waals surface area (Å²) in [4.78, 5) is 8.50. The second-order valence-corrected chi connectivity index (χ2v) is 5.44. The largest absolute Gasteiger partial charge is 0.369 e. The van der Waals surface area contributed by atoms with Gasteiger partial charge in [0.2, 0.25) is 5.95 Å². The maximum absolute atomic E-state index is 5.35. The predicted octanol–water partition coefficient (Wildman–Crippen LogP) is 1.10. The van der Waals surface area contributed by atoms with E-state index in [4.69, 9.17) is 5.84 Å². The Bertz CT molecular complexity index is 574. The van der Waals surface area contributed by atoms with Crippen LogP contribution in [0.4, 0.5) is 11.8 Å². The van der Waals surface area contributed by atoms with E-state index in [9.17, 15) is 0 Å². The molecule has 0 aliphatic heterocycles. The third-order valence-corrected chi connectivity index (χ3v) is 3.67. The summed E-state index contributed by atoms with van der Waals surface area (Å²) in [7, 11) is 0. The van der Waals surface area contributed by atoms with Crippen molar-refractivity contribution in [3.8, 4) is 0 Å². The highest BCUT2D eigenvalue weighted by molar-refractivity contribution is 5.86. The zero-order valence-corrected chi connectivity index (χ0v) is 10.5. The first-order chi connectivity index (χ1) is 8.60. The van der Waals surface area contributed by atoms with E-state index in [2.05, 4.69) is 44.8 Å². The third kappa shape index (κ3) is 1.86. The molecule has 1 aliphatic carbocycles. The molecule has 7 heteroatoms. The van der Waals surface area contributed by atoms with E-state index in [0.717, 1.165) is 17.7 Å². The third-order valence-electron chi connectivity index (χ3n) is 3.67. The molecule has 1 aliphatic rings. The average Bonchev–Trinajstić information content (AvgIpc) is 2.78. The molecule has 3 rings (SSSR count). The Morgan fingerprint density at radius 3 is 2.94 bits per heavy atom. The SMILES string of the molecule is CC1(C)CC1CNc1nc(NN)nc2[nH]ncc12. The standard InChI is InChI=1S/C11H17N7/c1-11(2)3-6(11)4-13-8-7-5-14-18-9(7)16-10(15-8)17-12/h5-6H,3-4,12H2,1-2H3,(H3,13,14,15,16,17,18). The maximum atomic E-state index is 5.35. The summed E-state index contributed by atoms with van der Waals surface area (Å²) >= 11 is 0. The number of hydrogen-bond acceptors (Lipinski definition) is 6. The summed E-state index contributed by atoms with van der Waals surface area (Å²) in [5.41, 5.74) is 3.58. The fraction of sp³-hybridized carbons (Fsp3) is 0.545. The molecule has 1 fully saturated rings. The van der Waals surface area contributed by atoms with E-state index < -0.39 is 0 Å². The van der Waals surface area contributed by atoms with Crippen LogP contribution in [0.25, 0.3) is 11.0 Å². The summed E-state index contributed by atoms with van der Waals surface area (Å²) < 4.78 is 0. The van der Waals surface area contributed by atoms with Gasteiger partial charge < -0.3 is 5.32 Å². The van der Waals surface area contributed by atoms with E-state index in [1.165, 1.54) is 6.42 Å². The summed E-state index contributed by atoms with van der Waals surface area (Å²) in [5.74, 6) is 7.20. The van der Waals surface area contributed by atoms with Gasteiger partial charge >= 0.3 is 0 Å². The molecule has 2 heterocycles. The number of hydrazine groups is 1. The molecule has 0 amide bonds. The summed E-state index contributed by atoms with van der Waals surface area (Å²) in [6.07, 6.45) is 2.97. The van der Waals surface area contributed by atoms with E-state index in [1.54, 1.807) is 6.20 Å². The van der Waals surface area contributed by atoms with Gasteiger partial charge in [0.15, 0.2) is 5.65 Å². The van der Waals surface area contributed by atoms with Crippen LogP contribution in [0.5, 0.6) is 0 Å². The molecule has 5 N–H and O–H groups in total. The lowest BCUT2D eigenvalue weighted by Gasteiger charge is -2.09. The second kappa shape index (κ2) is 3.81. The number of nitrogens with one attached hydrogen (secondary N) is 3. The Balaban J connectivity index is 1.83. The van der Waals surface area contributed by atoms with Gasteiger partial charge in [-0.3, -0.25) is 10.5 Å². The number of nitrogen functional groups attached to an aromatic ring is 1. The molecular formula is C11H17N7. The number of anilines is 2. The van der Waals surface area contributed by atoms with Gasteiger partial charge in [0.05, 0.1) is 11.6 Å². The molecule has 2 aromatic heterocycles. The molecule has 7 nitrogen and oxygen atoms in total. The zero-order valence-electron chi connectivity index (χ0n) is 10.5. The van der Waals surface area contributed by atoms with Crippen LogP contribution in [0.15, 0.2) is 6.20 Å². The number of aromatic amines is 1. The fourth-order valence-electron chi connectivity index (χ4n) is 2.18. The highest BCUT2D eigenvalue weighted by atomic mass is 15.3. The number of hydrogen-bond donors (Lipinski definition) is 4. The van der Waals surface area contributed by atoms with Crippen LogP contribution in [0.3, 0.4) is 0 Å². The Morgan fingerprint density at radius 2 is 2.28 bits per heavy atom. The quantitative estimate of drug-likeness (QED) is 0.476. The first kappa shape index (κ1) is 11.2. The van der Waals surface area contributed by atoms with Crippen molar-refractivity contribution in [3.05, 3.63) is 6.20 Å². The Morgan fingerprint density at radius 1 is 1.50 bits per heavy atom. The molecular weight excluding hydrogens is 230 g/mol. The fourth-order valence-corrected chi connectivity index (χ4v) is 2.18. The highest BCUT2D eigenvalue weighted by Gasteiger charge is 2.45. The van der Waals surface area contributed by atoms with Gasteiger partial charge in [-0.1, -0.05) is 13.8 Å². The monoisotopic (exact) mass is 247 g/mol. The minimum Gasteiger partial charge on any atom is -0.369 e. The number of rotatable bonds is 4. The number of H-pyrrole nitrogens is 1. The number of aromatic nitrogens is 4. The zero-order chi connectivity index (χ0) is 12.8. The van der Waals surface area contributed by atoms with Crippen molar-refractivity contribution in [1.82, 2.24) is 20.2 Å². The minimum atomic E-state index is 0.379. The van der Waals surface area contributed by atoms with E-state index in [0.29, 0.717) is 22.9 Å². The van der Waals surface area contributed by atoms with Gasteiger partial charge in [-0.2, -0.15) is 15.1 Å². The van der Waals surface area contributed by atoms with Gasteiger partial charge in [0, 0.05) is 6.54 Å². The molecule has 0 spiro atoms. The number of nitrogens with zero attached hydrogens (tertiary/aromatic N) is 3. The van der Waals surface area contributed by atoms with Crippen LogP contribution >= 0.6 is 0 Å². The van der Waals surface area contributed by atoms with Crippen LogP contribution in [0, 0.1) is 11.3 Å². The van der Waals surface area contributed by atoms with Crippen LogP contribution < -0.4 is 16.6 Å². The van der Waals surface area contributed by atoms with Crippen molar-refractivity contribution in [2.24, 2.45) is 17.2 Å². The topological polar surface area (TPSA) is 105 Å². The lowest BCUT2D eigenvalue weighted by molar-refractivity contribution is 0.573. The Labute approximate surface area is 105 Å². The molecule has 0 aromatic carbocycles. The highest BCUT2D eigenvalue weighted by Crippen LogP contribution is 2.51. The number of nitrogens with two attached hydrogens (primary N) is 1. The smallest absolute Gasteiger partial charge is 0.241 e. The van der Waals surface area contributed by atoms with Gasteiger partial charge in [0.1, 0.15) is 5.82 Å². The molecule has 0 radical (unpaired) electrons. The molecule has 2 aromatic rings. The van der Waals surface area contributed by atoms with Crippen molar-refractivity contribution < 1.29 is 0 Å². The number of fused-ring (bicyclic) bond motifs is 1. The van der Waals surface area contributed by atoms with Crippen LogP contribution in [0.1, 0.15) is 20.3 Å². The van der Waals surface area contributed by atoms with Gasteiger partial charge in [-0.05, 0) is 17.8 Å². The maximum Gasteiger partial charge on any atom is 0.241 e. The predicted molar refractivity (Wildman–Crippen MR) is 69.9 cm³/mol. The van der Waals surface area contributed by atoms with Crippen molar-refractivity contribution in [3.63, 3.8) is 0 Å². The lowest BCUT2D eigenvalue weighted by atomic mass is 10.1. The summed E-state index contributed by atoms with van der Waals surface area (Å²) in [6, 6.07) is 0. The summed E-state index contributed by atoms with van der Waals surface area (Å²) in [6.45, 7) is 5.47. The molecule has 1 atom stereocenters. The molecule has 0 saturated heterocycles. The normalized spacial score (nSPS) is 20.9. The molecule has 96 valence electrons. The van der Waals surface area contributed by atoms with E-state index >= 15 is 0 Å². The minimum absolute atomic E-state index is 0.379. The van der Waals surface area contributed by atoms with E-state index in [1.807, 2.05) is 0 Å². The second-order valence-electron chi connectivity index (χ2n) is 5.44. The van der Waals surface area contributed by atoms with Gasteiger partial charge in [0.25, 0.3) is 0 Å². The lowest BCUT2D eigenvalue weighted by Crippen LogP contribution is -2.13. The van der Waals surface area contributed by atoms with E-state index in [-0.39, 0.29) is 0 Å². The Kier molecular flexibility index (Phi) is 2.37. The average molecular weight is 247 g/mol. The first-order valence-corrected chi connectivity index (χ1v) is 6.02. The molecule has 18 heavy (non-hydrogen) atoms. The van der Waals surface area contributed by atoms with Crippen molar-refractivity contribution in [2.45, 2.75) is 20.3 Å². The van der Waals surface area contributed by atoms with Crippen LogP contribution in [0.2, 0.25) is 0 Å². The van der Waals surface area contributed by atoms with Crippen molar-refractivity contribution in [1.29, 1.82) is 0 Å². The Hall–Kier alpha value is -1.89. The van der Waals surface area contributed by atoms with Crippen LogP contribution in [-0.4, -0.2) is 26.7 Å². The van der Waals surface area contributed by atoms with Gasteiger partial charge in [-0.25, -0.2) is 5.84 Å². The first-order valence-electron chi connectivity index (χ1n) is 6.02. The molecule has 0 bridgehead atoms. The van der Waals surface area contributed by atoms with Crippen LogP contribution in [-0.2, 0) is 0 Å². The van der Waals surface area contributed by atoms with Gasteiger partial charge in [-0.15, -0.1) is 0 Å². The molecule has 1 unspecified atom stereocenters.